The number of thiocarbonyl (C=S) groups is 1. The van der Waals surface area contributed by atoms with E-state index in [0.717, 1.165) is 71.0 Å². The van der Waals surface area contributed by atoms with Gasteiger partial charge in [0.25, 0.3) is 0 Å². The second kappa shape index (κ2) is 14.2. The zero-order chi connectivity index (χ0) is 26.0. The maximum absolute atomic E-state index is 6.36. The molecule has 0 aliphatic carbocycles. The fourth-order valence-corrected chi connectivity index (χ4v) is 5.67. The molecule has 0 spiro atoms. The molecule has 0 bridgehead atoms. The average molecular weight is 545 g/mol. The molecule has 2 aromatic carbocycles. The number of hydrogen-bond donors (Lipinski definition) is 1. The van der Waals surface area contributed by atoms with E-state index < -0.39 is 0 Å². The van der Waals surface area contributed by atoms with Gasteiger partial charge in [-0.25, -0.2) is 0 Å². The predicted octanol–water partition coefficient (Wildman–Crippen LogP) is 5.82. The van der Waals surface area contributed by atoms with Gasteiger partial charge in [-0.3, -0.25) is 4.90 Å². The van der Waals surface area contributed by atoms with Gasteiger partial charge in [-0.15, -0.1) is 0 Å². The highest BCUT2D eigenvalue weighted by Gasteiger charge is 2.19. The zero-order valence-electron chi connectivity index (χ0n) is 22.3. The highest BCUT2D eigenvalue weighted by Crippen LogP contribution is 2.30. The van der Waals surface area contributed by atoms with Crippen LogP contribution in [0.1, 0.15) is 43.7 Å². The van der Waals surface area contributed by atoms with Crippen molar-refractivity contribution in [1.82, 2.24) is 9.80 Å². The Hall–Kier alpha value is -2.06. The minimum absolute atomic E-state index is 0.566. The predicted molar refractivity (Wildman–Crippen MR) is 158 cm³/mol. The van der Waals surface area contributed by atoms with Crippen LogP contribution < -0.4 is 15.0 Å². The van der Waals surface area contributed by atoms with E-state index in [1.54, 1.807) is 7.11 Å². The minimum Gasteiger partial charge on any atom is -0.495 e. The monoisotopic (exact) mass is 544 g/mol. The summed E-state index contributed by atoms with van der Waals surface area (Å²) in [6.07, 6.45) is 5.89. The van der Waals surface area contributed by atoms with Crippen molar-refractivity contribution in [3.8, 4) is 5.75 Å². The molecule has 8 heteroatoms. The molecule has 1 saturated heterocycles. The number of ether oxygens (including phenoxy) is 2. The number of methoxy groups -OCH3 is 1. The number of unbranched alkanes of at least 4 members (excludes halogenated alkanes) is 1. The van der Waals surface area contributed by atoms with Gasteiger partial charge in [0, 0.05) is 57.2 Å². The summed E-state index contributed by atoms with van der Waals surface area (Å²) in [5.74, 6) is 0.655. The summed E-state index contributed by atoms with van der Waals surface area (Å²) in [7, 11) is 1.62. The highest BCUT2D eigenvalue weighted by atomic mass is 35.5. The third kappa shape index (κ3) is 7.96. The molecule has 2 aliphatic rings. The highest BCUT2D eigenvalue weighted by molar-refractivity contribution is 7.80. The molecule has 2 aliphatic heterocycles. The molecule has 37 heavy (non-hydrogen) atoms. The fourth-order valence-electron chi connectivity index (χ4n) is 5.14. The Labute approximate surface area is 232 Å². The van der Waals surface area contributed by atoms with Gasteiger partial charge in [0.15, 0.2) is 5.11 Å². The van der Waals surface area contributed by atoms with Crippen LogP contribution in [0.25, 0.3) is 0 Å². The van der Waals surface area contributed by atoms with Crippen molar-refractivity contribution < 1.29 is 9.47 Å². The first-order valence-corrected chi connectivity index (χ1v) is 14.4. The molecule has 0 radical (unpaired) electrons. The summed E-state index contributed by atoms with van der Waals surface area (Å²) in [4.78, 5) is 7.32. The number of aryl methyl sites for hydroxylation is 1. The molecule has 202 valence electrons. The molecule has 0 amide bonds. The number of benzene rings is 2. The van der Waals surface area contributed by atoms with Gasteiger partial charge in [0.2, 0.25) is 0 Å². The van der Waals surface area contributed by atoms with Crippen molar-refractivity contribution in [2.24, 2.45) is 0 Å². The maximum Gasteiger partial charge on any atom is 0.173 e. The number of nitrogens with zero attached hydrogens (tertiary/aromatic N) is 3. The van der Waals surface area contributed by atoms with Crippen LogP contribution in [0.4, 0.5) is 11.4 Å². The van der Waals surface area contributed by atoms with Crippen LogP contribution in [0.5, 0.6) is 5.75 Å². The molecule has 6 nitrogen and oxygen atoms in total. The van der Waals surface area contributed by atoms with E-state index in [2.05, 4.69) is 45.1 Å². The summed E-state index contributed by atoms with van der Waals surface area (Å²) in [6, 6.07) is 12.7. The van der Waals surface area contributed by atoms with E-state index in [1.807, 2.05) is 18.2 Å². The van der Waals surface area contributed by atoms with E-state index in [9.17, 15) is 0 Å². The van der Waals surface area contributed by atoms with Crippen LogP contribution in [0.15, 0.2) is 36.4 Å². The van der Waals surface area contributed by atoms with E-state index in [0.29, 0.717) is 15.9 Å². The lowest BCUT2D eigenvalue weighted by Gasteiger charge is -2.32. The molecular weight excluding hydrogens is 504 g/mol. The van der Waals surface area contributed by atoms with Crippen LogP contribution in [0.3, 0.4) is 0 Å². The van der Waals surface area contributed by atoms with Crippen LogP contribution in [0.2, 0.25) is 5.02 Å². The van der Waals surface area contributed by atoms with Crippen LogP contribution in [-0.2, 0) is 17.7 Å². The number of fused-ring (bicyclic) bond motifs is 1. The minimum atomic E-state index is 0.566. The van der Waals surface area contributed by atoms with Crippen molar-refractivity contribution in [1.29, 1.82) is 0 Å². The maximum atomic E-state index is 6.36. The Morgan fingerprint density at radius 1 is 1.11 bits per heavy atom. The Morgan fingerprint density at radius 2 is 1.95 bits per heavy atom. The van der Waals surface area contributed by atoms with Gasteiger partial charge < -0.3 is 24.6 Å². The largest absolute Gasteiger partial charge is 0.495 e. The Bertz CT molecular complexity index is 1030. The number of hydrogen-bond acceptors (Lipinski definition) is 5. The lowest BCUT2D eigenvalue weighted by Crippen LogP contribution is -2.40. The third-order valence-corrected chi connectivity index (χ3v) is 7.87. The van der Waals surface area contributed by atoms with E-state index in [1.165, 1.54) is 42.6 Å². The Kier molecular flexibility index (Phi) is 10.7. The number of halogens is 1. The van der Waals surface area contributed by atoms with Gasteiger partial charge in [-0.2, -0.15) is 0 Å². The first-order chi connectivity index (χ1) is 18.1. The molecular formula is C29H41ClN4O2S. The first kappa shape index (κ1) is 28.0. The molecule has 0 atom stereocenters. The molecule has 0 saturated carbocycles. The smallest absolute Gasteiger partial charge is 0.173 e. The number of rotatable bonds is 11. The van der Waals surface area contributed by atoms with E-state index in [-0.39, 0.29) is 0 Å². The SMILES string of the molecule is CCCCN1CCCc2cc(CN(CCCN3CCOCC3)C(=S)Nc3ccc(OC)c(Cl)c3)ccc21. The molecule has 0 unspecified atom stereocenters. The molecule has 2 aromatic rings. The van der Waals surface area contributed by atoms with E-state index >= 15 is 0 Å². The summed E-state index contributed by atoms with van der Waals surface area (Å²) < 4.78 is 10.8. The van der Waals surface area contributed by atoms with Gasteiger partial charge in [-0.05, 0) is 73.3 Å². The van der Waals surface area contributed by atoms with Crippen LogP contribution in [0, 0.1) is 0 Å². The van der Waals surface area contributed by atoms with Crippen molar-refractivity contribution >= 4 is 40.3 Å². The third-order valence-electron chi connectivity index (χ3n) is 7.21. The summed E-state index contributed by atoms with van der Waals surface area (Å²) in [6.45, 7) is 10.9. The zero-order valence-corrected chi connectivity index (χ0v) is 23.9. The summed E-state index contributed by atoms with van der Waals surface area (Å²) >= 11 is 12.3. The Balaban J connectivity index is 1.45. The Morgan fingerprint density at radius 3 is 2.70 bits per heavy atom. The molecule has 0 aromatic heterocycles. The van der Waals surface area contributed by atoms with Crippen molar-refractivity contribution in [2.75, 3.05) is 69.8 Å². The molecule has 1 N–H and O–H groups in total. The second-order valence-corrected chi connectivity index (χ2v) is 10.7. The van der Waals surface area contributed by atoms with E-state index in [4.69, 9.17) is 33.3 Å². The average Bonchev–Trinajstić information content (AvgIpc) is 2.92. The lowest BCUT2D eigenvalue weighted by atomic mass is 9.98. The van der Waals surface area contributed by atoms with Crippen LogP contribution in [-0.4, -0.2) is 74.5 Å². The standard InChI is InChI=1S/C29H41ClN4O2S/c1-3-4-13-33-14-5-7-24-20-23(8-10-27(24)33)22-34(15-6-12-32-16-18-36-19-17-32)29(37)31-25-9-11-28(35-2)26(30)21-25/h8-11,20-21H,3-7,12-19,22H2,1-2H3,(H,31,37). The quantitative estimate of drug-likeness (QED) is 0.357. The van der Waals surface area contributed by atoms with Gasteiger partial charge in [0.1, 0.15) is 5.75 Å². The second-order valence-electron chi connectivity index (χ2n) is 9.92. The van der Waals surface area contributed by atoms with Gasteiger partial charge in [-0.1, -0.05) is 37.1 Å². The first-order valence-electron chi connectivity index (χ1n) is 13.6. The van der Waals surface area contributed by atoms with Gasteiger partial charge in [0.05, 0.1) is 25.3 Å². The van der Waals surface area contributed by atoms with Gasteiger partial charge >= 0.3 is 0 Å². The lowest BCUT2D eigenvalue weighted by molar-refractivity contribution is 0.0368. The molecule has 1 fully saturated rings. The molecule has 4 rings (SSSR count). The van der Waals surface area contributed by atoms with Crippen molar-refractivity contribution in [3.05, 3.63) is 52.5 Å². The summed E-state index contributed by atoms with van der Waals surface area (Å²) in [5.41, 5.74) is 5.05. The summed E-state index contributed by atoms with van der Waals surface area (Å²) in [5, 5.41) is 4.69. The van der Waals surface area contributed by atoms with Crippen LogP contribution >= 0.6 is 23.8 Å². The number of anilines is 2. The van der Waals surface area contributed by atoms with Crippen molar-refractivity contribution in [2.45, 2.75) is 45.6 Å². The topological polar surface area (TPSA) is 40.2 Å². The fraction of sp³-hybridized carbons (Fsp3) is 0.552. The van der Waals surface area contributed by atoms with Crippen molar-refractivity contribution in [3.63, 3.8) is 0 Å². The molecule has 2 heterocycles. The number of nitrogens with one attached hydrogen (secondary N) is 1. The normalized spacial score (nSPS) is 15.8. The number of morpholine rings is 1.